The van der Waals surface area contributed by atoms with Crippen LogP contribution in [0.25, 0.3) is 0 Å². The molecule has 1 aliphatic rings. The van der Waals surface area contributed by atoms with Crippen LogP contribution >= 0.6 is 31.9 Å². The quantitative estimate of drug-likeness (QED) is 0.799. The standard InChI is InChI=1S/C15H22Br2N2/c1-3-19-8-6-12(7-9-19)11(2)18-15-10-13(16)4-5-14(15)17/h4-5,10-12,18H,3,6-9H2,1-2H3. The number of likely N-dealkylation sites (tertiary alicyclic amines) is 1. The van der Waals surface area contributed by atoms with Gasteiger partial charge < -0.3 is 10.2 Å². The Kier molecular flexibility index (Phi) is 5.72. The molecule has 1 aliphatic heterocycles. The second-order valence-electron chi connectivity index (χ2n) is 5.33. The molecule has 0 radical (unpaired) electrons. The number of benzene rings is 1. The maximum absolute atomic E-state index is 3.66. The van der Waals surface area contributed by atoms with E-state index in [0.29, 0.717) is 6.04 Å². The molecule has 1 atom stereocenters. The summed E-state index contributed by atoms with van der Waals surface area (Å²) in [5, 5.41) is 3.66. The number of anilines is 1. The average Bonchev–Trinajstić information content (AvgIpc) is 2.43. The smallest absolute Gasteiger partial charge is 0.0498 e. The normalized spacial score (nSPS) is 19.4. The lowest BCUT2D eigenvalue weighted by Gasteiger charge is -2.35. The molecule has 0 saturated carbocycles. The van der Waals surface area contributed by atoms with Crippen LogP contribution in [-0.4, -0.2) is 30.6 Å². The molecule has 0 aliphatic carbocycles. The van der Waals surface area contributed by atoms with Gasteiger partial charge in [-0.25, -0.2) is 0 Å². The first-order chi connectivity index (χ1) is 9.10. The molecule has 0 amide bonds. The second kappa shape index (κ2) is 7.09. The minimum Gasteiger partial charge on any atom is -0.381 e. The van der Waals surface area contributed by atoms with Gasteiger partial charge in [0.15, 0.2) is 0 Å². The van der Waals surface area contributed by atoms with Crippen LogP contribution in [0.1, 0.15) is 26.7 Å². The molecule has 1 aromatic carbocycles. The fourth-order valence-electron chi connectivity index (χ4n) is 2.74. The first-order valence-electron chi connectivity index (χ1n) is 7.04. The van der Waals surface area contributed by atoms with Gasteiger partial charge >= 0.3 is 0 Å². The average molecular weight is 390 g/mol. The molecule has 0 aromatic heterocycles. The van der Waals surface area contributed by atoms with E-state index in [2.05, 4.69) is 74.1 Å². The fraction of sp³-hybridized carbons (Fsp3) is 0.600. The zero-order valence-corrected chi connectivity index (χ0v) is 14.8. The zero-order valence-electron chi connectivity index (χ0n) is 11.6. The van der Waals surface area contributed by atoms with Gasteiger partial charge in [-0.2, -0.15) is 0 Å². The zero-order chi connectivity index (χ0) is 13.8. The van der Waals surface area contributed by atoms with Gasteiger partial charge in [0, 0.05) is 20.7 Å². The van der Waals surface area contributed by atoms with Crippen molar-refractivity contribution in [2.24, 2.45) is 5.92 Å². The minimum atomic E-state index is 0.518. The third-order valence-electron chi connectivity index (χ3n) is 4.10. The number of rotatable bonds is 4. The van der Waals surface area contributed by atoms with Crippen LogP contribution in [0, 0.1) is 5.92 Å². The number of nitrogens with zero attached hydrogens (tertiary/aromatic N) is 1. The molecule has 106 valence electrons. The van der Waals surface area contributed by atoms with Crippen LogP contribution in [0.5, 0.6) is 0 Å². The molecule has 1 unspecified atom stereocenters. The molecular formula is C15H22Br2N2. The number of hydrogen-bond donors (Lipinski definition) is 1. The summed E-state index contributed by atoms with van der Waals surface area (Å²) in [6.45, 7) is 8.23. The summed E-state index contributed by atoms with van der Waals surface area (Å²) in [5.74, 6) is 0.772. The topological polar surface area (TPSA) is 15.3 Å². The van der Waals surface area contributed by atoms with E-state index >= 15 is 0 Å². The van der Waals surface area contributed by atoms with Crippen molar-refractivity contribution in [3.63, 3.8) is 0 Å². The predicted molar refractivity (Wildman–Crippen MR) is 89.8 cm³/mol. The van der Waals surface area contributed by atoms with Crippen molar-refractivity contribution in [3.8, 4) is 0 Å². The van der Waals surface area contributed by atoms with E-state index in [0.717, 1.165) is 14.9 Å². The number of nitrogens with one attached hydrogen (secondary N) is 1. The van der Waals surface area contributed by atoms with Crippen molar-refractivity contribution in [2.45, 2.75) is 32.7 Å². The lowest BCUT2D eigenvalue weighted by molar-refractivity contribution is 0.183. The highest BCUT2D eigenvalue weighted by Gasteiger charge is 2.23. The Balaban J connectivity index is 1.94. The third kappa shape index (κ3) is 4.20. The third-order valence-corrected chi connectivity index (χ3v) is 5.28. The van der Waals surface area contributed by atoms with Gasteiger partial charge in [-0.3, -0.25) is 0 Å². The lowest BCUT2D eigenvalue weighted by Crippen LogP contribution is -2.39. The van der Waals surface area contributed by atoms with Crippen molar-refractivity contribution in [2.75, 3.05) is 25.0 Å². The van der Waals surface area contributed by atoms with Crippen molar-refractivity contribution >= 4 is 37.5 Å². The second-order valence-corrected chi connectivity index (χ2v) is 7.10. The summed E-state index contributed by atoms with van der Waals surface area (Å²) < 4.78 is 2.25. The molecular weight excluding hydrogens is 368 g/mol. The molecule has 1 fully saturated rings. The largest absolute Gasteiger partial charge is 0.381 e. The molecule has 1 saturated heterocycles. The highest BCUT2D eigenvalue weighted by Crippen LogP contribution is 2.29. The highest BCUT2D eigenvalue weighted by molar-refractivity contribution is 9.11. The minimum absolute atomic E-state index is 0.518. The number of piperidine rings is 1. The predicted octanol–water partition coefficient (Wildman–Crippen LogP) is 4.74. The van der Waals surface area contributed by atoms with Crippen molar-refractivity contribution < 1.29 is 0 Å². The molecule has 0 spiro atoms. The van der Waals surface area contributed by atoms with Crippen LogP contribution in [0.4, 0.5) is 5.69 Å². The molecule has 2 nitrogen and oxygen atoms in total. The van der Waals surface area contributed by atoms with Crippen LogP contribution in [0.2, 0.25) is 0 Å². The Morgan fingerprint density at radius 1 is 1.32 bits per heavy atom. The van der Waals surface area contributed by atoms with Crippen molar-refractivity contribution in [3.05, 3.63) is 27.1 Å². The fourth-order valence-corrected chi connectivity index (χ4v) is 3.46. The Bertz CT molecular complexity index is 415. The van der Waals surface area contributed by atoms with Gasteiger partial charge in [-0.1, -0.05) is 22.9 Å². The van der Waals surface area contributed by atoms with Gasteiger partial charge in [0.1, 0.15) is 0 Å². The summed E-state index contributed by atoms with van der Waals surface area (Å²) in [5.41, 5.74) is 1.18. The maximum Gasteiger partial charge on any atom is 0.0498 e. The van der Waals surface area contributed by atoms with Gasteiger partial charge in [-0.15, -0.1) is 0 Å². The number of halogens is 2. The van der Waals surface area contributed by atoms with Crippen LogP contribution in [-0.2, 0) is 0 Å². The Morgan fingerprint density at radius 2 is 2.00 bits per heavy atom. The molecule has 0 bridgehead atoms. The SMILES string of the molecule is CCN1CCC(C(C)Nc2cc(Br)ccc2Br)CC1. The monoisotopic (exact) mass is 388 g/mol. The first kappa shape index (κ1) is 15.3. The Morgan fingerprint density at radius 3 is 2.63 bits per heavy atom. The van der Waals surface area contributed by atoms with E-state index in [1.54, 1.807) is 0 Å². The summed E-state index contributed by atoms with van der Waals surface area (Å²) in [6, 6.07) is 6.80. The summed E-state index contributed by atoms with van der Waals surface area (Å²) in [7, 11) is 0. The van der Waals surface area contributed by atoms with Crippen LogP contribution in [0.3, 0.4) is 0 Å². The summed E-state index contributed by atoms with van der Waals surface area (Å²) >= 11 is 7.14. The highest BCUT2D eigenvalue weighted by atomic mass is 79.9. The number of hydrogen-bond acceptors (Lipinski definition) is 2. The van der Waals surface area contributed by atoms with Gasteiger partial charge in [-0.05, 0) is 79.4 Å². The maximum atomic E-state index is 3.66. The summed E-state index contributed by atoms with van der Waals surface area (Å²) in [4.78, 5) is 2.54. The molecule has 4 heteroatoms. The molecule has 19 heavy (non-hydrogen) atoms. The van der Waals surface area contributed by atoms with E-state index in [1.165, 1.54) is 38.2 Å². The van der Waals surface area contributed by atoms with E-state index < -0.39 is 0 Å². The van der Waals surface area contributed by atoms with Gasteiger partial charge in [0.05, 0.1) is 0 Å². The molecule has 1 heterocycles. The molecule has 2 rings (SSSR count). The Hall–Kier alpha value is -0.0600. The van der Waals surface area contributed by atoms with Crippen molar-refractivity contribution in [1.29, 1.82) is 0 Å². The molecule has 1 N–H and O–H groups in total. The van der Waals surface area contributed by atoms with E-state index in [9.17, 15) is 0 Å². The van der Waals surface area contributed by atoms with Crippen LogP contribution in [0.15, 0.2) is 27.1 Å². The van der Waals surface area contributed by atoms with E-state index in [4.69, 9.17) is 0 Å². The molecule has 1 aromatic rings. The van der Waals surface area contributed by atoms with Crippen molar-refractivity contribution in [1.82, 2.24) is 4.90 Å². The lowest BCUT2D eigenvalue weighted by atomic mass is 9.90. The summed E-state index contributed by atoms with van der Waals surface area (Å²) in [6.07, 6.45) is 2.60. The van der Waals surface area contributed by atoms with E-state index in [-0.39, 0.29) is 0 Å². The van der Waals surface area contributed by atoms with Gasteiger partial charge in [0.25, 0.3) is 0 Å². The van der Waals surface area contributed by atoms with E-state index in [1.807, 2.05) is 0 Å². The van der Waals surface area contributed by atoms with Gasteiger partial charge in [0.2, 0.25) is 0 Å². The Labute approximate surface area is 133 Å². The van der Waals surface area contributed by atoms with Crippen LogP contribution < -0.4 is 5.32 Å². The first-order valence-corrected chi connectivity index (χ1v) is 8.62.